The number of benzene rings is 1. The summed E-state index contributed by atoms with van der Waals surface area (Å²) in [6.07, 6.45) is 1.58. The molecule has 5 N–H and O–H groups in total. The maximum absolute atomic E-state index is 14.2. The maximum Gasteiger partial charge on any atom is 0.239 e. The van der Waals surface area contributed by atoms with E-state index < -0.39 is 0 Å². The van der Waals surface area contributed by atoms with Gasteiger partial charge in [-0.3, -0.25) is 4.79 Å². The molecule has 0 radical (unpaired) electrons. The predicted molar refractivity (Wildman–Crippen MR) is 101 cm³/mol. The molecule has 1 saturated heterocycles. The Kier molecular flexibility index (Phi) is 8.56. The van der Waals surface area contributed by atoms with E-state index in [2.05, 4.69) is 28.2 Å². The summed E-state index contributed by atoms with van der Waals surface area (Å²) in [6.45, 7) is 5.69. The third kappa shape index (κ3) is 6.04. The quantitative estimate of drug-likeness (QED) is 0.581. The van der Waals surface area contributed by atoms with E-state index in [0.29, 0.717) is 36.7 Å². The lowest BCUT2D eigenvalue weighted by Crippen LogP contribution is -2.48. The number of nitrogens with two attached hydrogens (primary N) is 1. The Labute approximate surface area is 147 Å². The molecule has 0 aromatic heterocycles. The fourth-order valence-corrected chi connectivity index (χ4v) is 2.17. The first kappa shape index (κ1) is 19.7. The topological polar surface area (TPSA) is 82.4 Å². The molecule has 1 fully saturated rings. The number of thiocarbonyl (C=S) groups is 1. The van der Waals surface area contributed by atoms with Crippen molar-refractivity contribution in [3.8, 4) is 0 Å². The van der Waals surface area contributed by atoms with Gasteiger partial charge in [0.05, 0.1) is 24.3 Å². The summed E-state index contributed by atoms with van der Waals surface area (Å²) in [7, 11) is 0. The maximum atomic E-state index is 14.2. The molecule has 0 spiro atoms. The highest BCUT2D eigenvalue weighted by Gasteiger charge is 2.19. The molecule has 0 unspecified atom stereocenters. The molecule has 0 atom stereocenters. The summed E-state index contributed by atoms with van der Waals surface area (Å²) < 4.78 is 14.2. The molecular formula is C16H24FN5OS. The van der Waals surface area contributed by atoms with Crippen molar-refractivity contribution in [3.63, 3.8) is 0 Å². The molecule has 0 bridgehead atoms. The molecule has 1 aliphatic heterocycles. The van der Waals surface area contributed by atoms with Crippen molar-refractivity contribution >= 4 is 35.0 Å². The number of carbonyl (C=O) groups is 1. The highest BCUT2D eigenvalue weighted by Crippen LogP contribution is 2.23. The third-order valence-electron chi connectivity index (χ3n) is 3.14. The first-order valence-corrected chi connectivity index (χ1v) is 8.26. The van der Waals surface area contributed by atoms with Gasteiger partial charge >= 0.3 is 0 Å². The van der Waals surface area contributed by atoms with Crippen LogP contribution in [-0.4, -0.2) is 37.6 Å². The summed E-state index contributed by atoms with van der Waals surface area (Å²) in [5.74, 6) is -0.488. The lowest BCUT2D eigenvalue weighted by atomic mass is 10.2. The lowest BCUT2D eigenvalue weighted by Gasteiger charge is -2.29. The Balaban J connectivity index is 0.00000139. The van der Waals surface area contributed by atoms with Gasteiger partial charge in [-0.25, -0.2) is 4.39 Å². The van der Waals surface area contributed by atoms with Gasteiger partial charge in [0.25, 0.3) is 0 Å². The van der Waals surface area contributed by atoms with Crippen LogP contribution in [0.15, 0.2) is 30.1 Å². The van der Waals surface area contributed by atoms with Crippen LogP contribution in [0.5, 0.6) is 0 Å². The zero-order valence-corrected chi connectivity index (χ0v) is 14.8. The van der Waals surface area contributed by atoms with Gasteiger partial charge in [-0.05, 0) is 18.2 Å². The van der Waals surface area contributed by atoms with E-state index in [1.807, 2.05) is 13.8 Å². The van der Waals surface area contributed by atoms with E-state index in [4.69, 9.17) is 5.73 Å². The van der Waals surface area contributed by atoms with Crippen molar-refractivity contribution in [3.05, 3.63) is 35.9 Å². The molecular weight excluding hydrogens is 329 g/mol. The van der Waals surface area contributed by atoms with Crippen LogP contribution < -0.4 is 26.6 Å². The molecule has 1 aromatic carbocycles. The highest BCUT2D eigenvalue weighted by atomic mass is 32.1. The molecule has 24 heavy (non-hydrogen) atoms. The number of nitrogens with zero attached hydrogens (tertiary/aromatic N) is 1. The summed E-state index contributed by atoms with van der Waals surface area (Å²) in [5, 5.41) is 8.42. The summed E-state index contributed by atoms with van der Waals surface area (Å²) in [6, 6.07) is 4.76. The fraction of sp³-hybridized carbons (Fsp3) is 0.375. The van der Waals surface area contributed by atoms with Gasteiger partial charge in [-0.15, -0.1) is 0 Å². The number of carbonyl (C=O) groups excluding carboxylic acids is 1. The molecule has 1 aliphatic rings. The number of amides is 1. The van der Waals surface area contributed by atoms with Crippen molar-refractivity contribution in [1.82, 2.24) is 10.6 Å². The standard InChI is InChI=1S/C14H18FN5OS.C2H6/c15-12-5-11(19-7-10(16)6-17-9-22)1-2-13(12)20-4-3-18-14(21)8-20;1-2/h1-2,5,7,9,19H,3-4,6,8,16H2,(H,17,22)(H,18,21);1-2H3/b10-7-;. The number of anilines is 2. The Hall–Kier alpha value is -2.35. The Morgan fingerprint density at radius 2 is 2.25 bits per heavy atom. The van der Waals surface area contributed by atoms with Crippen molar-refractivity contribution in [2.75, 3.05) is 36.4 Å². The van der Waals surface area contributed by atoms with Crippen molar-refractivity contribution in [2.24, 2.45) is 5.73 Å². The van der Waals surface area contributed by atoms with Gasteiger partial charge in [0.2, 0.25) is 5.91 Å². The average Bonchev–Trinajstić information content (AvgIpc) is 2.60. The number of halogens is 1. The van der Waals surface area contributed by atoms with Crippen molar-refractivity contribution < 1.29 is 9.18 Å². The van der Waals surface area contributed by atoms with E-state index in [-0.39, 0.29) is 18.3 Å². The largest absolute Gasteiger partial charge is 0.399 e. The van der Waals surface area contributed by atoms with Crippen LogP contribution in [0.4, 0.5) is 15.8 Å². The molecule has 132 valence electrons. The minimum Gasteiger partial charge on any atom is -0.399 e. The van der Waals surface area contributed by atoms with E-state index in [0.717, 1.165) is 0 Å². The minimum atomic E-state index is -0.385. The predicted octanol–water partition coefficient (Wildman–Crippen LogP) is 1.55. The monoisotopic (exact) mass is 353 g/mol. The Morgan fingerprint density at radius 1 is 1.50 bits per heavy atom. The zero-order chi connectivity index (χ0) is 17.9. The number of rotatable bonds is 6. The van der Waals surface area contributed by atoms with E-state index in [9.17, 15) is 9.18 Å². The first-order chi connectivity index (χ1) is 11.6. The van der Waals surface area contributed by atoms with Crippen LogP contribution in [0.1, 0.15) is 13.8 Å². The molecule has 1 amide bonds. The first-order valence-electron chi connectivity index (χ1n) is 7.79. The van der Waals surface area contributed by atoms with Gasteiger partial charge in [0.15, 0.2) is 0 Å². The highest BCUT2D eigenvalue weighted by molar-refractivity contribution is 7.78. The molecule has 1 aromatic rings. The Bertz CT molecular complexity index is 594. The normalized spacial score (nSPS) is 14.2. The van der Waals surface area contributed by atoms with Crippen LogP contribution in [0.2, 0.25) is 0 Å². The lowest BCUT2D eigenvalue weighted by molar-refractivity contribution is -0.120. The van der Waals surface area contributed by atoms with E-state index in [1.54, 1.807) is 23.2 Å². The Morgan fingerprint density at radius 3 is 2.88 bits per heavy atom. The second-order valence-corrected chi connectivity index (χ2v) is 5.04. The van der Waals surface area contributed by atoms with Gasteiger partial charge in [0, 0.05) is 30.7 Å². The van der Waals surface area contributed by atoms with Crippen LogP contribution >= 0.6 is 12.2 Å². The number of hydrogen-bond acceptors (Lipinski definition) is 5. The van der Waals surface area contributed by atoms with Gasteiger partial charge in [-0.1, -0.05) is 26.1 Å². The zero-order valence-electron chi connectivity index (χ0n) is 13.9. The summed E-state index contributed by atoms with van der Waals surface area (Å²) in [5.41, 5.74) is 8.64. The van der Waals surface area contributed by atoms with Crippen LogP contribution in [-0.2, 0) is 4.79 Å². The molecule has 1 heterocycles. The van der Waals surface area contributed by atoms with Crippen LogP contribution in [0.3, 0.4) is 0 Å². The molecule has 6 nitrogen and oxygen atoms in total. The second kappa shape index (κ2) is 10.4. The molecule has 0 saturated carbocycles. The van der Waals surface area contributed by atoms with Gasteiger partial charge in [-0.2, -0.15) is 0 Å². The second-order valence-electron chi connectivity index (χ2n) is 4.80. The number of hydrogen-bond donors (Lipinski definition) is 4. The van der Waals surface area contributed by atoms with Crippen LogP contribution in [0.25, 0.3) is 0 Å². The molecule has 8 heteroatoms. The number of piperazine rings is 1. The fourth-order valence-electron chi connectivity index (χ4n) is 2.08. The van der Waals surface area contributed by atoms with Gasteiger partial charge < -0.3 is 26.6 Å². The average molecular weight is 353 g/mol. The molecule has 2 rings (SSSR count). The van der Waals surface area contributed by atoms with Crippen molar-refractivity contribution in [1.29, 1.82) is 0 Å². The van der Waals surface area contributed by atoms with E-state index >= 15 is 0 Å². The number of nitrogens with one attached hydrogen (secondary N) is 3. The van der Waals surface area contributed by atoms with E-state index in [1.165, 1.54) is 11.6 Å². The third-order valence-corrected chi connectivity index (χ3v) is 3.31. The van der Waals surface area contributed by atoms with Crippen LogP contribution in [0, 0.1) is 5.82 Å². The van der Waals surface area contributed by atoms with Crippen molar-refractivity contribution in [2.45, 2.75) is 13.8 Å². The smallest absolute Gasteiger partial charge is 0.239 e. The SMILES string of the molecule is CC.N/C(=C\Nc1ccc(N2CCNC(=O)C2)c(F)c1)CNC=S. The molecule has 0 aliphatic carbocycles. The minimum absolute atomic E-state index is 0.102. The summed E-state index contributed by atoms with van der Waals surface area (Å²) in [4.78, 5) is 13.1. The summed E-state index contributed by atoms with van der Waals surface area (Å²) >= 11 is 4.63. The van der Waals surface area contributed by atoms with Gasteiger partial charge in [0.1, 0.15) is 5.82 Å².